The van der Waals surface area contributed by atoms with Gasteiger partial charge in [-0.25, -0.2) is 4.79 Å². The Morgan fingerprint density at radius 3 is 2.83 bits per heavy atom. The maximum absolute atomic E-state index is 11.5. The fourth-order valence-corrected chi connectivity index (χ4v) is 3.72. The molecular weight excluding hydrogens is 306 g/mol. The van der Waals surface area contributed by atoms with Gasteiger partial charge in [-0.1, -0.05) is 24.4 Å². The second-order valence-corrected chi connectivity index (χ2v) is 6.53. The number of benzene rings is 1. The second-order valence-electron chi connectivity index (χ2n) is 6.53. The molecule has 1 aliphatic rings. The van der Waals surface area contributed by atoms with Crippen LogP contribution in [0.4, 0.5) is 0 Å². The van der Waals surface area contributed by atoms with Crippen LogP contribution in [0.1, 0.15) is 42.5 Å². The van der Waals surface area contributed by atoms with Crippen molar-refractivity contribution in [2.45, 2.75) is 38.6 Å². The molecule has 1 N–H and O–H groups in total. The molecule has 0 aliphatic heterocycles. The van der Waals surface area contributed by atoms with E-state index in [4.69, 9.17) is 0 Å². The number of nitrogens with zero attached hydrogens (tertiary/aromatic N) is 2. The number of carbonyl (C=O) groups excluding carboxylic acids is 1. The van der Waals surface area contributed by atoms with Crippen LogP contribution < -0.4 is 5.76 Å². The summed E-state index contributed by atoms with van der Waals surface area (Å²) >= 11 is 0. The highest BCUT2D eigenvalue weighted by molar-refractivity contribution is 5.99. The molecule has 0 atom stereocenters. The van der Waals surface area contributed by atoms with E-state index in [0.717, 1.165) is 29.3 Å². The first-order valence-corrected chi connectivity index (χ1v) is 8.39. The molecule has 24 heavy (non-hydrogen) atoms. The maximum Gasteiger partial charge on any atom is 0.439 e. The fraction of sp³-hybridized carbons (Fsp3) is 0.389. The molecule has 1 saturated carbocycles. The average Bonchev–Trinajstić information content (AvgIpc) is 3.19. The molecule has 4 rings (SSSR count). The van der Waals surface area contributed by atoms with Gasteiger partial charge in [-0.2, -0.15) is 0 Å². The fourth-order valence-electron chi connectivity index (χ4n) is 3.72. The highest BCUT2D eigenvalue weighted by atomic mass is 16.5. The van der Waals surface area contributed by atoms with E-state index in [9.17, 15) is 9.59 Å². The van der Waals surface area contributed by atoms with Gasteiger partial charge in [0.25, 0.3) is 0 Å². The molecule has 3 aromatic rings. The Kier molecular flexibility index (Phi) is 3.80. The van der Waals surface area contributed by atoms with Gasteiger partial charge in [0.15, 0.2) is 12.1 Å². The third kappa shape index (κ3) is 2.68. The SMILES string of the molecule is O=Cc1cn(CC2CCCCC2)c2ccc(-c3noc(=O)[nH]3)cc12. The summed E-state index contributed by atoms with van der Waals surface area (Å²) in [5.74, 6) is 0.467. The van der Waals surface area contributed by atoms with Gasteiger partial charge in [0.1, 0.15) is 0 Å². The van der Waals surface area contributed by atoms with Crippen molar-refractivity contribution in [3.63, 3.8) is 0 Å². The van der Waals surface area contributed by atoms with Gasteiger partial charge < -0.3 is 4.57 Å². The summed E-state index contributed by atoms with van der Waals surface area (Å²) in [6.07, 6.45) is 9.27. The lowest BCUT2D eigenvalue weighted by Gasteiger charge is -2.22. The van der Waals surface area contributed by atoms with Crippen LogP contribution in [0.15, 0.2) is 33.7 Å². The van der Waals surface area contributed by atoms with Crippen LogP contribution in [0.2, 0.25) is 0 Å². The van der Waals surface area contributed by atoms with E-state index >= 15 is 0 Å². The molecule has 0 spiro atoms. The van der Waals surface area contributed by atoms with E-state index in [1.54, 1.807) is 0 Å². The minimum atomic E-state index is -0.587. The molecular formula is C18H19N3O3. The summed E-state index contributed by atoms with van der Waals surface area (Å²) in [6.45, 7) is 0.949. The summed E-state index contributed by atoms with van der Waals surface area (Å²) in [4.78, 5) is 25.1. The Bertz CT molecular complexity index is 929. The zero-order valence-electron chi connectivity index (χ0n) is 13.3. The summed E-state index contributed by atoms with van der Waals surface area (Å²) in [5.41, 5.74) is 2.43. The van der Waals surface area contributed by atoms with Crippen LogP contribution in [0, 0.1) is 5.92 Å². The van der Waals surface area contributed by atoms with E-state index in [0.29, 0.717) is 17.3 Å². The molecule has 6 heteroatoms. The van der Waals surface area contributed by atoms with Crippen LogP contribution in [0.5, 0.6) is 0 Å². The van der Waals surface area contributed by atoms with Gasteiger partial charge in [0.2, 0.25) is 0 Å². The Labute approximate surface area is 138 Å². The van der Waals surface area contributed by atoms with E-state index in [1.807, 2.05) is 24.4 Å². The standard InChI is InChI=1S/C18H19N3O3/c22-11-14-10-21(9-12-4-2-1-3-5-12)16-7-6-13(8-15(14)16)17-19-18(23)24-20-17/h6-8,10-12H,1-5,9H2,(H,19,20,23). The molecule has 1 aromatic carbocycles. The maximum atomic E-state index is 11.5. The lowest BCUT2D eigenvalue weighted by molar-refractivity contribution is 0.112. The van der Waals surface area contributed by atoms with Crippen molar-refractivity contribution in [1.29, 1.82) is 0 Å². The van der Waals surface area contributed by atoms with Crippen molar-refractivity contribution in [2.24, 2.45) is 5.92 Å². The first-order chi connectivity index (χ1) is 11.7. The quantitative estimate of drug-likeness (QED) is 0.746. The predicted molar refractivity (Wildman–Crippen MR) is 90.0 cm³/mol. The Morgan fingerprint density at radius 1 is 1.29 bits per heavy atom. The number of fused-ring (bicyclic) bond motifs is 1. The van der Waals surface area contributed by atoms with Gasteiger partial charge >= 0.3 is 5.76 Å². The topological polar surface area (TPSA) is 80.9 Å². The van der Waals surface area contributed by atoms with Gasteiger partial charge in [0.05, 0.1) is 0 Å². The summed E-state index contributed by atoms with van der Waals surface area (Å²) in [5, 5.41) is 4.59. The van der Waals surface area contributed by atoms with Crippen molar-refractivity contribution in [1.82, 2.24) is 14.7 Å². The molecule has 0 unspecified atom stereocenters. The summed E-state index contributed by atoms with van der Waals surface area (Å²) in [7, 11) is 0. The number of carbonyl (C=O) groups is 1. The first kappa shape index (κ1) is 14.9. The van der Waals surface area contributed by atoms with Crippen molar-refractivity contribution in [3.05, 3.63) is 40.5 Å². The Hall–Kier alpha value is -2.63. The molecule has 2 heterocycles. The molecule has 1 aliphatic carbocycles. The molecule has 2 aromatic heterocycles. The summed E-state index contributed by atoms with van der Waals surface area (Å²) < 4.78 is 6.74. The van der Waals surface area contributed by atoms with E-state index < -0.39 is 5.76 Å². The van der Waals surface area contributed by atoms with Gasteiger partial charge in [-0.3, -0.25) is 14.3 Å². The molecule has 0 saturated heterocycles. The molecule has 0 radical (unpaired) electrons. The van der Waals surface area contributed by atoms with Gasteiger partial charge in [-0.15, -0.1) is 0 Å². The number of aromatic nitrogens is 3. The number of nitrogens with one attached hydrogen (secondary N) is 1. The number of aldehydes is 1. The van der Waals surface area contributed by atoms with Crippen molar-refractivity contribution in [2.75, 3.05) is 0 Å². The van der Waals surface area contributed by atoms with Crippen LogP contribution in [-0.4, -0.2) is 21.0 Å². The second kappa shape index (κ2) is 6.11. The lowest BCUT2D eigenvalue weighted by Crippen LogP contribution is -2.13. The first-order valence-electron chi connectivity index (χ1n) is 8.39. The van der Waals surface area contributed by atoms with Crippen LogP contribution in [0.25, 0.3) is 22.3 Å². The molecule has 124 valence electrons. The van der Waals surface area contributed by atoms with E-state index in [1.165, 1.54) is 32.1 Å². The van der Waals surface area contributed by atoms with Crippen LogP contribution in [-0.2, 0) is 6.54 Å². The molecule has 6 nitrogen and oxygen atoms in total. The minimum absolute atomic E-state index is 0.374. The lowest BCUT2D eigenvalue weighted by atomic mass is 9.89. The normalized spacial score (nSPS) is 15.8. The minimum Gasteiger partial charge on any atom is -0.346 e. The number of aromatic amines is 1. The van der Waals surface area contributed by atoms with Crippen molar-refractivity contribution >= 4 is 17.2 Å². The molecule has 1 fully saturated rings. The number of rotatable bonds is 4. The number of H-pyrrole nitrogens is 1. The molecule has 0 bridgehead atoms. The Morgan fingerprint density at radius 2 is 2.12 bits per heavy atom. The average molecular weight is 325 g/mol. The van der Waals surface area contributed by atoms with Gasteiger partial charge in [0, 0.05) is 34.8 Å². The highest BCUT2D eigenvalue weighted by Gasteiger charge is 2.17. The zero-order valence-corrected chi connectivity index (χ0v) is 13.3. The number of hydrogen-bond donors (Lipinski definition) is 1. The third-order valence-electron chi connectivity index (χ3n) is 4.93. The Balaban J connectivity index is 1.73. The van der Waals surface area contributed by atoms with Gasteiger partial charge in [-0.05, 0) is 37.0 Å². The van der Waals surface area contributed by atoms with Crippen molar-refractivity contribution < 1.29 is 9.32 Å². The molecule has 0 amide bonds. The third-order valence-corrected chi connectivity index (χ3v) is 4.93. The largest absolute Gasteiger partial charge is 0.439 e. The smallest absolute Gasteiger partial charge is 0.346 e. The predicted octanol–water partition coefficient (Wildman–Crippen LogP) is 3.38. The zero-order chi connectivity index (χ0) is 16.5. The monoisotopic (exact) mass is 325 g/mol. The van der Waals surface area contributed by atoms with E-state index in [-0.39, 0.29) is 0 Å². The van der Waals surface area contributed by atoms with E-state index in [2.05, 4.69) is 19.2 Å². The van der Waals surface area contributed by atoms with Crippen molar-refractivity contribution in [3.8, 4) is 11.4 Å². The number of hydrogen-bond acceptors (Lipinski definition) is 4. The van der Waals surface area contributed by atoms with Crippen LogP contribution >= 0.6 is 0 Å². The van der Waals surface area contributed by atoms with Crippen LogP contribution in [0.3, 0.4) is 0 Å². The summed E-state index contributed by atoms with van der Waals surface area (Å²) in [6, 6.07) is 5.75. The highest BCUT2D eigenvalue weighted by Crippen LogP contribution is 2.29.